The Morgan fingerprint density at radius 1 is 1.11 bits per heavy atom. The van der Waals surface area contributed by atoms with Gasteiger partial charge in [-0.1, -0.05) is 26.0 Å². The van der Waals surface area contributed by atoms with Crippen molar-refractivity contribution >= 4 is 17.9 Å². The van der Waals surface area contributed by atoms with Crippen molar-refractivity contribution < 1.29 is 37.1 Å². The summed E-state index contributed by atoms with van der Waals surface area (Å²) in [5.74, 6) is -2.19. The molecule has 3 saturated heterocycles. The van der Waals surface area contributed by atoms with Gasteiger partial charge in [0.1, 0.15) is 5.82 Å². The zero-order chi connectivity index (χ0) is 28.3. The molecular weight excluding hydrogens is 508 g/mol. The van der Waals surface area contributed by atoms with E-state index in [1.165, 1.54) is 12.1 Å². The van der Waals surface area contributed by atoms with Crippen molar-refractivity contribution in [3.05, 3.63) is 35.6 Å². The van der Waals surface area contributed by atoms with Crippen LogP contribution in [0.2, 0.25) is 0 Å². The number of nitrogens with one attached hydrogen (secondary N) is 1. The van der Waals surface area contributed by atoms with Gasteiger partial charge in [-0.15, -0.1) is 0 Å². The molecule has 1 aromatic carbocycles. The summed E-state index contributed by atoms with van der Waals surface area (Å²) >= 11 is 0. The number of carboxylic acids is 1. The quantitative estimate of drug-likeness (QED) is 0.566. The van der Waals surface area contributed by atoms with Gasteiger partial charge in [-0.3, -0.25) is 4.79 Å². The Morgan fingerprint density at radius 2 is 1.74 bits per heavy atom. The molecule has 1 aromatic rings. The number of aliphatic carboxylic acids is 1. The maximum atomic E-state index is 13.4. The Labute approximate surface area is 219 Å². The first-order valence-corrected chi connectivity index (χ1v) is 12.7. The molecular formula is C26H36F4N4O4. The lowest BCUT2D eigenvalue weighted by Gasteiger charge is -2.46. The average molecular weight is 545 g/mol. The summed E-state index contributed by atoms with van der Waals surface area (Å²) in [5, 5.41) is 10.0. The fourth-order valence-corrected chi connectivity index (χ4v) is 6.11. The predicted molar refractivity (Wildman–Crippen MR) is 132 cm³/mol. The smallest absolute Gasteiger partial charge is 0.475 e. The SMILES string of the molecule is CC(C)CN1CC2(CCN(C(=O)NCc3cccc(F)c3)CC2)C2(CCN(C)C2=O)C1.O=C(O)C(F)(F)F. The number of likely N-dealkylation sites (tertiary alicyclic amines) is 3. The number of fused-ring (bicyclic) bond motifs is 1. The van der Waals surface area contributed by atoms with E-state index in [2.05, 4.69) is 24.1 Å². The Bertz CT molecular complexity index is 1030. The van der Waals surface area contributed by atoms with E-state index in [-0.39, 0.29) is 22.7 Å². The fourth-order valence-electron chi connectivity index (χ4n) is 6.11. The van der Waals surface area contributed by atoms with E-state index in [0.717, 1.165) is 51.0 Å². The van der Waals surface area contributed by atoms with Gasteiger partial charge in [-0.05, 0) is 42.9 Å². The third-order valence-corrected chi connectivity index (χ3v) is 7.87. The summed E-state index contributed by atoms with van der Waals surface area (Å²) in [5.41, 5.74) is 0.393. The molecule has 38 heavy (non-hydrogen) atoms. The number of benzene rings is 1. The first-order chi connectivity index (χ1) is 17.7. The number of carbonyl (C=O) groups excluding carboxylic acids is 2. The Hall–Kier alpha value is -2.89. The molecule has 212 valence electrons. The van der Waals surface area contributed by atoms with Crippen LogP contribution in [0.1, 0.15) is 38.7 Å². The van der Waals surface area contributed by atoms with E-state index in [1.807, 2.05) is 22.9 Å². The number of carboxylic acid groups (broad SMARTS) is 1. The minimum atomic E-state index is -5.08. The van der Waals surface area contributed by atoms with Crippen LogP contribution in [0.5, 0.6) is 0 Å². The monoisotopic (exact) mass is 544 g/mol. The molecule has 0 saturated carbocycles. The topological polar surface area (TPSA) is 93.2 Å². The van der Waals surface area contributed by atoms with Gasteiger partial charge < -0.3 is 25.1 Å². The van der Waals surface area contributed by atoms with E-state index >= 15 is 0 Å². The molecule has 1 unspecified atom stereocenters. The van der Waals surface area contributed by atoms with E-state index in [9.17, 15) is 27.2 Å². The molecule has 4 rings (SSSR count). The summed E-state index contributed by atoms with van der Waals surface area (Å²) in [6, 6.07) is 6.19. The molecule has 0 bridgehead atoms. The predicted octanol–water partition coefficient (Wildman–Crippen LogP) is 3.57. The summed E-state index contributed by atoms with van der Waals surface area (Å²) in [6.45, 7) is 9.72. The number of hydrogen-bond donors (Lipinski definition) is 2. The molecule has 0 aliphatic carbocycles. The maximum absolute atomic E-state index is 13.4. The lowest BCUT2D eigenvalue weighted by atomic mass is 9.60. The van der Waals surface area contributed by atoms with Crippen molar-refractivity contribution in [2.24, 2.45) is 16.7 Å². The summed E-state index contributed by atoms with van der Waals surface area (Å²) in [6.07, 6.45) is -2.45. The van der Waals surface area contributed by atoms with Crippen molar-refractivity contribution in [3.8, 4) is 0 Å². The lowest BCUT2D eigenvalue weighted by Crippen LogP contribution is -2.54. The van der Waals surface area contributed by atoms with Crippen LogP contribution in [0.15, 0.2) is 24.3 Å². The maximum Gasteiger partial charge on any atom is 0.490 e. The Kier molecular flexibility index (Phi) is 8.95. The third-order valence-electron chi connectivity index (χ3n) is 7.87. The second-order valence-corrected chi connectivity index (χ2v) is 11.0. The van der Waals surface area contributed by atoms with Crippen LogP contribution in [0.3, 0.4) is 0 Å². The van der Waals surface area contributed by atoms with Crippen LogP contribution in [0.25, 0.3) is 0 Å². The number of alkyl halides is 3. The minimum absolute atomic E-state index is 0.0525. The van der Waals surface area contributed by atoms with Gasteiger partial charge in [0, 0.05) is 58.3 Å². The standard InChI is InChI=1S/C24H35FN4O2.C2HF3O2/c1-18(2)15-28-16-23(24(17-28)9-10-27(3)21(24)30)7-11-29(12-8-23)22(31)26-14-19-5-4-6-20(25)13-19;3-2(4,5)1(6)7/h4-6,13,18H,7-12,14-17H2,1-3H3,(H,26,31);(H,6,7). The van der Waals surface area contributed by atoms with Crippen molar-refractivity contribution in [2.45, 2.75) is 45.8 Å². The zero-order valence-corrected chi connectivity index (χ0v) is 22.0. The van der Waals surface area contributed by atoms with Gasteiger partial charge in [0.05, 0.1) is 5.41 Å². The second-order valence-electron chi connectivity index (χ2n) is 11.0. The molecule has 2 N–H and O–H groups in total. The zero-order valence-electron chi connectivity index (χ0n) is 22.0. The molecule has 1 atom stereocenters. The average Bonchev–Trinajstić information content (AvgIpc) is 3.28. The van der Waals surface area contributed by atoms with E-state index < -0.39 is 12.1 Å². The first-order valence-electron chi connectivity index (χ1n) is 12.7. The Balaban J connectivity index is 0.000000505. The van der Waals surface area contributed by atoms with E-state index in [1.54, 1.807) is 6.07 Å². The van der Waals surface area contributed by atoms with Gasteiger partial charge in [0.25, 0.3) is 0 Å². The lowest BCUT2D eigenvalue weighted by molar-refractivity contribution is -0.192. The third kappa shape index (κ3) is 6.39. The van der Waals surface area contributed by atoms with Gasteiger partial charge in [0.15, 0.2) is 0 Å². The number of piperidine rings is 1. The van der Waals surface area contributed by atoms with Gasteiger partial charge in [-0.25, -0.2) is 14.0 Å². The number of carbonyl (C=O) groups is 3. The van der Waals surface area contributed by atoms with Crippen LogP contribution >= 0.6 is 0 Å². The number of nitrogens with zero attached hydrogens (tertiary/aromatic N) is 3. The van der Waals surface area contributed by atoms with Gasteiger partial charge >= 0.3 is 18.2 Å². The molecule has 12 heteroatoms. The molecule has 3 aliphatic rings. The van der Waals surface area contributed by atoms with Gasteiger partial charge in [0.2, 0.25) is 5.91 Å². The highest BCUT2D eigenvalue weighted by Crippen LogP contribution is 2.57. The molecule has 2 spiro atoms. The number of rotatable bonds is 4. The molecule has 8 nitrogen and oxygen atoms in total. The summed E-state index contributed by atoms with van der Waals surface area (Å²) < 4.78 is 45.1. The van der Waals surface area contributed by atoms with Crippen LogP contribution in [0, 0.1) is 22.6 Å². The molecule has 3 fully saturated rings. The van der Waals surface area contributed by atoms with E-state index in [4.69, 9.17) is 9.90 Å². The summed E-state index contributed by atoms with van der Waals surface area (Å²) in [4.78, 5) is 41.2. The normalized spacial score (nSPS) is 23.2. The second kappa shape index (κ2) is 11.5. The number of halogens is 4. The number of urea groups is 1. The molecule has 0 radical (unpaired) electrons. The highest BCUT2D eigenvalue weighted by molar-refractivity contribution is 5.86. The van der Waals surface area contributed by atoms with Crippen LogP contribution < -0.4 is 5.32 Å². The van der Waals surface area contributed by atoms with Gasteiger partial charge in [-0.2, -0.15) is 13.2 Å². The molecule has 3 heterocycles. The van der Waals surface area contributed by atoms with Crippen molar-refractivity contribution in [1.82, 2.24) is 20.0 Å². The number of amides is 3. The Morgan fingerprint density at radius 3 is 2.24 bits per heavy atom. The largest absolute Gasteiger partial charge is 0.490 e. The minimum Gasteiger partial charge on any atom is -0.475 e. The van der Waals surface area contributed by atoms with Crippen molar-refractivity contribution in [1.29, 1.82) is 0 Å². The molecule has 3 aliphatic heterocycles. The summed E-state index contributed by atoms with van der Waals surface area (Å²) in [7, 11) is 1.92. The molecule has 3 amide bonds. The fraction of sp³-hybridized carbons (Fsp3) is 0.654. The first kappa shape index (κ1) is 29.7. The number of hydrogen-bond acceptors (Lipinski definition) is 4. The van der Waals surface area contributed by atoms with Crippen LogP contribution in [-0.2, 0) is 16.1 Å². The van der Waals surface area contributed by atoms with Crippen LogP contribution in [0.4, 0.5) is 22.4 Å². The van der Waals surface area contributed by atoms with Crippen LogP contribution in [-0.4, -0.2) is 90.2 Å². The van der Waals surface area contributed by atoms with Crippen molar-refractivity contribution in [2.75, 3.05) is 46.3 Å². The highest BCUT2D eigenvalue weighted by atomic mass is 19.4. The highest BCUT2D eigenvalue weighted by Gasteiger charge is 2.64. The van der Waals surface area contributed by atoms with E-state index in [0.29, 0.717) is 31.5 Å². The molecule has 0 aromatic heterocycles. The van der Waals surface area contributed by atoms with Crippen molar-refractivity contribution in [3.63, 3.8) is 0 Å².